The third-order valence-corrected chi connectivity index (χ3v) is 5.19. The van der Waals surface area contributed by atoms with Crippen LogP contribution in [0, 0.1) is 13.8 Å². The zero-order chi connectivity index (χ0) is 19.0. The molecule has 0 aliphatic heterocycles. The first-order valence-corrected chi connectivity index (χ1v) is 9.02. The summed E-state index contributed by atoms with van der Waals surface area (Å²) in [6.45, 7) is 4.16. The molecule has 0 aromatic heterocycles. The minimum absolute atomic E-state index is 0.0957. The van der Waals surface area contributed by atoms with Gasteiger partial charge in [0.05, 0.1) is 24.4 Å². The van der Waals surface area contributed by atoms with E-state index in [4.69, 9.17) is 9.73 Å². The summed E-state index contributed by atoms with van der Waals surface area (Å²) in [5.41, 5.74) is 6.69. The standard InChI is InChI=1S/C24H21NO2/c1-15-8-11-18(14-16(15)2)25-23-20-6-4-5-7-21(20)24(26)22(23)17-9-12-19(27-3)13-10-17/h4-14,22H,1-3H3. The van der Waals surface area contributed by atoms with Crippen LogP contribution in [-0.2, 0) is 0 Å². The van der Waals surface area contributed by atoms with E-state index in [1.165, 1.54) is 11.1 Å². The Morgan fingerprint density at radius 3 is 2.22 bits per heavy atom. The number of nitrogens with zero attached hydrogens (tertiary/aromatic N) is 1. The van der Waals surface area contributed by atoms with Crippen LogP contribution in [0.3, 0.4) is 0 Å². The Balaban J connectivity index is 1.86. The topological polar surface area (TPSA) is 38.7 Å². The molecule has 0 N–H and O–H groups in total. The SMILES string of the molecule is COc1ccc(C2C(=O)c3ccccc3C2=Nc2ccc(C)c(C)c2)cc1. The molecule has 134 valence electrons. The zero-order valence-corrected chi connectivity index (χ0v) is 15.7. The molecule has 0 bridgehead atoms. The monoisotopic (exact) mass is 355 g/mol. The quantitative estimate of drug-likeness (QED) is 0.630. The third-order valence-electron chi connectivity index (χ3n) is 5.19. The predicted molar refractivity (Wildman–Crippen MR) is 109 cm³/mol. The number of rotatable bonds is 3. The van der Waals surface area contributed by atoms with Gasteiger partial charge in [0.1, 0.15) is 5.75 Å². The highest BCUT2D eigenvalue weighted by Crippen LogP contribution is 2.36. The van der Waals surface area contributed by atoms with Gasteiger partial charge in [0.25, 0.3) is 0 Å². The van der Waals surface area contributed by atoms with Gasteiger partial charge >= 0.3 is 0 Å². The molecule has 3 nitrogen and oxygen atoms in total. The van der Waals surface area contributed by atoms with Crippen LogP contribution in [0.1, 0.15) is 38.5 Å². The Bertz CT molecular complexity index is 1050. The van der Waals surface area contributed by atoms with Crippen LogP contribution >= 0.6 is 0 Å². The maximum absolute atomic E-state index is 13.2. The lowest BCUT2D eigenvalue weighted by molar-refractivity contribution is 0.0988. The van der Waals surface area contributed by atoms with Crippen LogP contribution in [0.5, 0.6) is 5.75 Å². The number of carbonyl (C=O) groups is 1. The number of Topliss-reactive ketones (excluding diaryl/α,β-unsaturated/α-hetero) is 1. The number of hydrogen-bond donors (Lipinski definition) is 0. The van der Waals surface area contributed by atoms with Crippen molar-refractivity contribution in [1.82, 2.24) is 0 Å². The van der Waals surface area contributed by atoms with Gasteiger partial charge in [-0.15, -0.1) is 0 Å². The number of fused-ring (bicyclic) bond motifs is 1. The minimum Gasteiger partial charge on any atom is -0.497 e. The molecule has 3 aromatic rings. The summed E-state index contributed by atoms with van der Waals surface area (Å²) in [6.07, 6.45) is 0. The summed E-state index contributed by atoms with van der Waals surface area (Å²) in [6, 6.07) is 21.5. The van der Waals surface area contributed by atoms with Gasteiger partial charge in [0.2, 0.25) is 0 Å². The number of aryl methyl sites for hydroxylation is 2. The normalized spacial score (nSPS) is 17.2. The number of ether oxygens (including phenoxy) is 1. The lowest BCUT2D eigenvalue weighted by atomic mass is 9.93. The van der Waals surface area contributed by atoms with Crippen molar-refractivity contribution < 1.29 is 9.53 Å². The van der Waals surface area contributed by atoms with Crippen LogP contribution in [0.2, 0.25) is 0 Å². The van der Waals surface area contributed by atoms with Crippen molar-refractivity contribution in [2.45, 2.75) is 19.8 Å². The van der Waals surface area contributed by atoms with Crippen LogP contribution in [0.15, 0.2) is 71.7 Å². The summed E-state index contributed by atoms with van der Waals surface area (Å²) < 4.78 is 5.25. The van der Waals surface area contributed by atoms with E-state index in [-0.39, 0.29) is 5.78 Å². The summed E-state index contributed by atoms with van der Waals surface area (Å²) in [4.78, 5) is 18.1. The van der Waals surface area contributed by atoms with Crippen molar-refractivity contribution in [3.05, 3.63) is 94.5 Å². The first-order chi connectivity index (χ1) is 13.1. The van der Waals surface area contributed by atoms with E-state index >= 15 is 0 Å². The van der Waals surface area contributed by atoms with Crippen molar-refractivity contribution in [2.75, 3.05) is 7.11 Å². The Kier molecular flexibility index (Phi) is 4.36. The van der Waals surface area contributed by atoms with Crippen molar-refractivity contribution in [3.63, 3.8) is 0 Å². The second kappa shape index (κ2) is 6.84. The molecule has 0 heterocycles. The van der Waals surface area contributed by atoms with E-state index < -0.39 is 5.92 Å². The van der Waals surface area contributed by atoms with Crippen molar-refractivity contribution >= 4 is 17.2 Å². The highest BCUT2D eigenvalue weighted by molar-refractivity contribution is 6.32. The summed E-state index contributed by atoms with van der Waals surface area (Å²) in [5, 5.41) is 0. The van der Waals surface area contributed by atoms with Crippen molar-refractivity contribution in [3.8, 4) is 5.75 Å². The molecular weight excluding hydrogens is 334 g/mol. The first kappa shape index (κ1) is 17.2. The Labute approximate surface area is 159 Å². The molecule has 1 aliphatic carbocycles. The average Bonchev–Trinajstić information content (AvgIpc) is 2.97. The van der Waals surface area contributed by atoms with E-state index in [9.17, 15) is 4.79 Å². The first-order valence-electron chi connectivity index (χ1n) is 9.02. The number of benzene rings is 3. The Morgan fingerprint density at radius 1 is 0.852 bits per heavy atom. The molecule has 4 rings (SSSR count). The fourth-order valence-electron chi connectivity index (χ4n) is 3.52. The molecule has 3 aromatic carbocycles. The van der Waals surface area contributed by atoms with E-state index in [1.807, 2.05) is 54.6 Å². The number of aliphatic imine (C=N–C) groups is 1. The van der Waals surface area contributed by atoms with Gasteiger partial charge in [0, 0.05) is 11.1 Å². The largest absolute Gasteiger partial charge is 0.497 e. The third kappa shape index (κ3) is 3.06. The second-order valence-electron chi connectivity index (χ2n) is 6.88. The van der Waals surface area contributed by atoms with Gasteiger partial charge in [-0.05, 0) is 54.8 Å². The number of methoxy groups -OCH3 is 1. The smallest absolute Gasteiger partial charge is 0.176 e. The average molecular weight is 355 g/mol. The molecule has 27 heavy (non-hydrogen) atoms. The molecule has 1 aliphatic rings. The zero-order valence-electron chi connectivity index (χ0n) is 15.7. The molecule has 1 atom stereocenters. The second-order valence-corrected chi connectivity index (χ2v) is 6.88. The van der Waals surface area contributed by atoms with Gasteiger partial charge in [-0.1, -0.05) is 42.5 Å². The van der Waals surface area contributed by atoms with Gasteiger partial charge in [-0.2, -0.15) is 0 Å². The highest BCUT2D eigenvalue weighted by Gasteiger charge is 2.37. The predicted octanol–water partition coefficient (Wildman–Crippen LogP) is 5.41. The van der Waals surface area contributed by atoms with E-state index in [0.717, 1.165) is 33.8 Å². The Hall–Kier alpha value is -3.20. The lowest BCUT2D eigenvalue weighted by Gasteiger charge is -2.12. The lowest BCUT2D eigenvalue weighted by Crippen LogP contribution is -2.13. The molecule has 1 unspecified atom stereocenters. The van der Waals surface area contributed by atoms with Gasteiger partial charge < -0.3 is 4.74 Å². The molecule has 0 fully saturated rings. The molecule has 0 amide bonds. The minimum atomic E-state index is -0.394. The summed E-state index contributed by atoms with van der Waals surface area (Å²) >= 11 is 0. The van der Waals surface area contributed by atoms with Gasteiger partial charge in [-0.25, -0.2) is 0 Å². The summed E-state index contributed by atoms with van der Waals surface area (Å²) in [7, 11) is 1.64. The van der Waals surface area contributed by atoms with E-state index in [1.54, 1.807) is 7.11 Å². The molecular formula is C24H21NO2. The molecule has 0 saturated heterocycles. The van der Waals surface area contributed by atoms with Gasteiger partial charge in [0.15, 0.2) is 5.78 Å². The number of hydrogen-bond acceptors (Lipinski definition) is 3. The fraction of sp³-hybridized carbons (Fsp3) is 0.167. The van der Waals surface area contributed by atoms with Crippen molar-refractivity contribution in [1.29, 1.82) is 0 Å². The molecule has 3 heteroatoms. The van der Waals surface area contributed by atoms with Crippen LogP contribution in [-0.4, -0.2) is 18.6 Å². The molecule has 0 saturated carbocycles. The fourth-order valence-corrected chi connectivity index (χ4v) is 3.52. The maximum atomic E-state index is 13.2. The van der Waals surface area contributed by atoms with Crippen LogP contribution in [0.25, 0.3) is 0 Å². The van der Waals surface area contributed by atoms with Crippen LogP contribution < -0.4 is 4.74 Å². The highest BCUT2D eigenvalue weighted by atomic mass is 16.5. The Morgan fingerprint density at radius 2 is 1.56 bits per heavy atom. The number of ketones is 1. The van der Waals surface area contributed by atoms with Gasteiger partial charge in [-0.3, -0.25) is 9.79 Å². The molecule has 0 spiro atoms. The molecule has 0 radical (unpaired) electrons. The van der Waals surface area contributed by atoms with Crippen molar-refractivity contribution in [2.24, 2.45) is 4.99 Å². The van der Waals surface area contributed by atoms with E-state index in [0.29, 0.717) is 0 Å². The van der Waals surface area contributed by atoms with E-state index in [2.05, 4.69) is 26.0 Å². The number of carbonyl (C=O) groups excluding carboxylic acids is 1. The van der Waals surface area contributed by atoms with Crippen LogP contribution in [0.4, 0.5) is 5.69 Å². The maximum Gasteiger partial charge on any atom is 0.176 e. The summed E-state index contributed by atoms with van der Waals surface area (Å²) in [5.74, 6) is 0.475.